The Labute approximate surface area is 201 Å². The summed E-state index contributed by atoms with van der Waals surface area (Å²) in [6.45, 7) is 3.71. The smallest absolute Gasteiger partial charge is 0.269 e. The minimum absolute atomic E-state index is 0.109. The van der Waals surface area contributed by atoms with Crippen LogP contribution in [0.25, 0.3) is 11.7 Å². The largest absolute Gasteiger partial charge is 0.438 e. The lowest BCUT2D eigenvalue weighted by molar-refractivity contribution is 0.460. The normalized spacial score (nSPS) is 11.9. The van der Waals surface area contributed by atoms with Crippen LogP contribution in [0.15, 0.2) is 81.5 Å². The molecule has 0 bridgehead atoms. The topological polar surface area (TPSA) is 102 Å². The van der Waals surface area contributed by atoms with E-state index >= 15 is 0 Å². The van der Waals surface area contributed by atoms with Crippen molar-refractivity contribution < 1.29 is 13.2 Å². The molecule has 0 radical (unpaired) electrons. The van der Waals surface area contributed by atoms with Gasteiger partial charge in [0.2, 0.25) is 15.7 Å². The first kappa shape index (κ1) is 23.2. The van der Waals surface area contributed by atoms with E-state index in [4.69, 9.17) is 16.3 Å². The van der Waals surface area contributed by atoms with E-state index in [1.165, 1.54) is 34.9 Å². The van der Waals surface area contributed by atoms with Gasteiger partial charge in [-0.2, -0.15) is 10.2 Å². The summed E-state index contributed by atoms with van der Waals surface area (Å²) in [6, 6.07) is 17.6. The monoisotopic (exact) mass is 491 g/mol. The number of ether oxygens (including phenoxy) is 1. The highest BCUT2D eigenvalue weighted by atomic mass is 35.5. The van der Waals surface area contributed by atoms with Crippen LogP contribution in [0.3, 0.4) is 0 Å². The maximum atomic E-state index is 13.4. The van der Waals surface area contributed by atoms with Crippen molar-refractivity contribution in [3.8, 4) is 17.7 Å². The van der Waals surface area contributed by atoms with Crippen molar-refractivity contribution in [3.63, 3.8) is 0 Å². The molecule has 34 heavy (non-hydrogen) atoms. The molecule has 0 spiro atoms. The van der Waals surface area contributed by atoms with Crippen LogP contribution in [0, 0.1) is 25.2 Å². The number of nitriles is 1. The molecule has 0 saturated heterocycles. The van der Waals surface area contributed by atoms with E-state index in [0.29, 0.717) is 16.4 Å². The van der Waals surface area contributed by atoms with Gasteiger partial charge in [0.1, 0.15) is 27.9 Å². The fourth-order valence-corrected chi connectivity index (χ4v) is 4.52. The maximum absolute atomic E-state index is 13.4. The molecule has 9 heteroatoms. The van der Waals surface area contributed by atoms with E-state index in [1.807, 2.05) is 19.1 Å². The van der Waals surface area contributed by atoms with E-state index in [2.05, 4.69) is 4.98 Å². The summed E-state index contributed by atoms with van der Waals surface area (Å²) in [5.74, 6) is 0.298. The number of halogens is 1. The van der Waals surface area contributed by atoms with Crippen molar-refractivity contribution in [2.45, 2.75) is 18.7 Å². The quantitative estimate of drug-likeness (QED) is 0.360. The van der Waals surface area contributed by atoms with E-state index in [-0.39, 0.29) is 16.3 Å². The Morgan fingerprint density at radius 2 is 1.76 bits per heavy atom. The Morgan fingerprint density at radius 1 is 1.09 bits per heavy atom. The zero-order chi connectivity index (χ0) is 24.5. The van der Waals surface area contributed by atoms with Gasteiger partial charge in [0, 0.05) is 11.2 Å². The molecule has 0 N–H and O–H groups in total. The predicted octanol–water partition coefficient (Wildman–Crippen LogP) is 5.10. The summed E-state index contributed by atoms with van der Waals surface area (Å²) >= 11 is 5.86. The van der Waals surface area contributed by atoms with Crippen LogP contribution >= 0.6 is 11.6 Å². The van der Waals surface area contributed by atoms with Gasteiger partial charge in [0.15, 0.2) is 0 Å². The highest BCUT2D eigenvalue weighted by Gasteiger charge is 2.24. The zero-order valence-electron chi connectivity index (χ0n) is 18.2. The van der Waals surface area contributed by atoms with Gasteiger partial charge in [-0.25, -0.2) is 8.42 Å². The number of rotatable bonds is 5. The molecule has 0 aliphatic carbocycles. The van der Waals surface area contributed by atoms with Crippen LogP contribution in [0.2, 0.25) is 5.02 Å². The van der Waals surface area contributed by atoms with Crippen molar-refractivity contribution in [3.05, 3.63) is 104 Å². The minimum Gasteiger partial charge on any atom is -0.438 e. The molecule has 2 aromatic carbocycles. The average Bonchev–Trinajstić information content (AvgIpc) is 2.81. The second kappa shape index (κ2) is 9.14. The lowest BCUT2D eigenvalue weighted by Gasteiger charge is -2.12. The van der Waals surface area contributed by atoms with Gasteiger partial charge < -0.3 is 4.74 Å². The number of aryl methyl sites for hydroxylation is 2. The highest BCUT2D eigenvalue weighted by molar-refractivity contribution is 7.95. The first-order valence-corrected chi connectivity index (χ1v) is 12.0. The van der Waals surface area contributed by atoms with E-state index in [0.717, 1.165) is 17.2 Å². The molecular formula is C25H18ClN3O4S. The Hall–Kier alpha value is -3.93. The van der Waals surface area contributed by atoms with Crippen LogP contribution in [-0.2, 0) is 9.84 Å². The summed E-state index contributed by atoms with van der Waals surface area (Å²) in [5.41, 5.74) is 1.34. The highest BCUT2D eigenvalue weighted by Crippen LogP contribution is 2.28. The van der Waals surface area contributed by atoms with Gasteiger partial charge in [0.25, 0.3) is 5.56 Å². The molecule has 0 atom stereocenters. The molecule has 0 aliphatic rings. The van der Waals surface area contributed by atoms with Gasteiger partial charge in [-0.15, -0.1) is 0 Å². The molecule has 2 heterocycles. The average molecular weight is 492 g/mol. The number of allylic oxidation sites excluding steroid dienone is 1. The molecule has 0 fully saturated rings. The Morgan fingerprint density at radius 3 is 2.41 bits per heavy atom. The number of hydrogen-bond donors (Lipinski definition) is 0. The predicted molar refractivity (Wildman–Crippen MR) is 130 cm³/mol. The number of fused-ring (bicyclic) bond motifs is 1. The third-order valence-electron chi connectivity index (χ3n) is 5.08. The summed E-state index contributed by atoms with van der Waals surface area (Å²) < 4.78 is 33.4. The van der Waals surface area contributed by atoms with Crippen LogP contribution in [0.5, 0.6) is 11.6 Å². The van der Waals surface area contributed by atoms with Crippen molar-refractivity contribution in [1.82, 2.24) is 9.38 Å². The fourth-order valence-electron chi connectivity index (χ4n) is 3.25. The third kappa shape index (κ3) is 4.44. The van der Waals surface area contributed by atoms with E-state index in [1.54, 1.807) is 37.3 Å². The first-order chi connectivity index (χ1) is 16.2. The van der Waals surface area contributed by atoms with Crippen molar-refractivity contribution in [2.24, 2.45) is 0 Å². The Bertz CT molecular complexity index is 1630. The molecule has 0 amide bonds. The van der Waals surface area contributed by atoms with Gasteiger partial charge in [0.05, 0.1) is 4.90 Å². The molecule has 0 unspecified atom stereocenters. The Kier molecular flexibility index (Phi) is 6.24. The minimum atomic E-state index is -4.23. The van der Waals surface area contributed by atoms with E-state index in [9.17, 15) is 18.5 Å². The molecule has 0 aliphatic heterocycles. The second-order valence-corrected chi connectivity index (χ2v) is 9.87. The SMILES string of the molecule is Cc1ccc(Oc2nc3c(C)cccn3c(=O)c2C=C(C#N)S(=O)(=O)c2ccc(Cl)cc2)cc1. The summed E-state index contributed by atoms with van der Waals surface area (Å²) in [5, 5.41) is 10.1. The third-order valence-corrected chi connectivity index (χ3v) is 7.02. The van der Waals surface area contributed by atoms with Crippen LogP contribution < -0.4 is 10.3 Å². The first-order valence-electron chi connectivity index (χ1n) is 10.1. The van der Waals surface area contributed by atoms with Crippen molar-refractivity contribution >= 4 is 33.2 Å². The molecule has 0 saturated carbocycles. The van der Waals surface area contributed by atoms with Crippen LogP contribution in [-0.4, -0.2) is 17.8 Å². The summed E-state index contributed by atoms with van der Waals surface area (Å²) in [4.78, 5) is 17.1. The van der Waals surface area contributed by atoms with Gasteiger partial charge >= 0.3 is 0 Å². The molecule has 7 nitrogen and oxygen atoms in total. The number of nitrogens with zero attached hydrogens (tertiary/aromatic N) is 3. The summed E-state index contributed by atoms with van der Waals surface area (Å²) in [7, 11) is -4.23. The van der Waals surface area contributed by atoms with Crippen molar-refractivity contribution in [1.29, 1.82) is 5.26 Å². The number of aromatic nitrogens is 2. The fraction of sp³-hybridized carbons (Fsp3) is 0.0800. The number of hydrogen-bond acceptors (Lipinski definition) is 6. The number of benzene rings is 2. The van der Waals surface area contributed by atoms with Gasteiger partial charge in [-0.05, 0) is 68.0 Å². The van der Waals surface area contributed by atoms with E-state index < -0.39 is 20.3 Å². The number of sulfone groups is 1. The molecule has 2 aromatic heterocycles. The molecule has 4 rings (SSSR count). The lowest BCUT2D eigenvalue weighted by atomic mass is 10.2. The standard InChI is InChI=1S/C25H18ClN3O4S/c1-16-5-9-19(10-6-16)33-24-22(25(30)29-13-3-4-17(2)23(29)28-24)14-21(15-27)34(31,32)20-11-7-18(26)8-12-20/h3-14H,1-2H3. The van der Waals surface area contributed by atoms with Gasteiger partial charge in [-0.3, -0.25) is 9.20 Å². The lowest BCUT2D eigenvalue weighted by Crippen LogP contribution is -2.20. The number of pyridine rings is 1. The van der Waals surface area contributed by atoms with Gasteiger partial charge in [-0.1, -0.05) is 35.4 Å². The Balaban J connectivity index is 1.95. The maximum Gasteiger partial charge on any atom is 0.269 e. The van der Waals surface area contributed by atoms with Crippen molar-refractivity contribution in [2.75, 3.05) is 0 Å². The summed E-state index contributed by atoms with van der Waals surface area (Å²) in [6.07, 6.45) is 2.52. The second-order valence-electron chi connectivity index (χ2n) is 7.51. The molecular weight excluding hydrogens is 474 g/mol. The molecule has 170 valence electrons. The van der Waals surface area contributed by atoms with Crippen LogP contribution in [0.4, 0.5) is 0 Å². The van der Waals surface area contributed by atoms with Crippen LogP contribution in [0.1, 0.15) is 16.7 Å². The zero-order valence-corrected chi connectivity index (χ0v) is 19.8. The molecule has 4 aromatic rings.